The van der Waals surface area contributed by atoms with Gasteiger partial charge in [-0.3, -0.25) is 4.79 Å². The highest BCUT2D eigenvalue weighted by Crippen LogP contribution is 2.32. The molecule has 1 aliphatic carbocycles. The van der Waals surface area contributed by atoms with Crippen LogP contribution in [0.4, 0.5) is 5.69 Å². The Labute approximate surface area is 149 Å². The summed E-state index contributed by atoms with van der Waals surface area (Å²) in [6.07, 6.45) is 6.64. The smallest absolute Gasteiger partial charge is 0.271 e. The summed E-state index contributed by atoms with van der Waals surface area (Å²) in [7, 11) is 0. The van der Waals surface area contributed by atoms with Gasteiger partial charge in [-0.15, -0.1) is 0 Å². The third kappa shape index (κ3) is 4.47. The van der Waals surface area contributed by atoms with Crippen molar-refractivity contribution >= 4 is 17.3 Å². The molecule has 0 atom stereocenters. The number of amides is 1. The van der Waals surface area contributed by atoms with E-state index in [1.807, 2.05) is 6.92 Å². The van der Waals surface area contributed by atoms with Gasteiger partial charge in [-0.1, -0.05) is 43.5 Å². The van der Waals surface area contributed by atoms with E-state index in [9.17, 15) is 4.79 Å². The highest BCUT2D eigenvalue weighted by Gasteiger charge is 2.15. The lowest BCUT2D eigenvalue weighted by atomic mass is 9.84. The van der Waals surface area contributed by atoms with Crippen LogP contribution in [0.1, 0.15) is 66.4 Å². The fraction of sp³-hybridized carbons (Fsp3) is 0.333. The Balaban J connectivity index is 1.63. The van der Waals surface area contributed by atoms with Gasteiger partial charge >= 0.3 is 0 Å². The molecule has 3 N–H and O–H groups in total. The molecule has 0 unspecified atom stereocenters. The Morgan fingerprint density at radius 1 is 0.960 bits per heavy atom. The Bertz CT molecular complexity index is 742. The van der Waals surface area contributed by atoms with Crippen molar-refractivity contribution in [2.45, 2.75) is 44.9 Å². The average molecular weight is 335 g/mol. The molecular weight excluding hydrogens is 310 g/mol. The van der Waals surface area contributed by atoms with E-state index in [2.05, 4.69) is 34.8 Å². The van der Waals surface area contributed by atoms with Crippen molar-refractivity contribution in [2.75, 3.05) is 5.73 Å². The number of nitrogens with two attached hydrogens (primary N) is 1. The van der Waals surface area contributed by atoms with Gasteiger partial charge in [0.05, 0.1) is 5.71 Å². The van der Waals surface area contributed by atoms with E-state index >= 15 is 0 Å². The summed E-state index contributed by atoms with van der Waals surface area (Å²) < 4.78 is 0. The van der Waals surface area contributed by atoms with Crippen LogP contribution in [0.15, 0.2) is 53.6 Å². The minimum Gasteiger partial charge on any atom is -0.399 e. The van der Waals surface area contributed by atoms with E-state index in [1.54, 1.807) is 24.3 Å². The summed E-state index contributed by atoms with van der Waals surface area (Å²) in [6, 6.07) is 15.4. The van der Waals surface area contributed by atoms with Crippen molar-refractivity contribution in [3.63, 3.8) is 0 Å². The van der Waals surface area contributed by atoms with Crippen LogP contribution in [0.2, 0.25) is 0 Å². The first-order valence-corrected chi connectivity index (χ1v) is 8.94. The highest BCUT2D eigenvalue weighted by molar-refractivity contribution is 6.00. The highest BCUT2D eigenvalue weighted by atomic mass is 16.2. The van der Waals surface area contributed by atoms with Gasteiger partial charge in [0.25, 0.3) is 5.91 Å². The van der Waals surface area contributed by atoms with E-state index in [0.717, 1.165) is 11.3 Å². The normalized spacial score (nSPS) is 15.8. The second-order valence-electron chi connectivity index (χ2n) is 6.72. The van der Waals surface area contributed by atoms with Crippen molar-refractivity contribution in [2.24, 2.45) is 5.10 Å². The molecule has 3 rings (SSSR count). The quantitative estimate of drug-likeness (QED) is 0.492. The van der Waals surface area contributed by atoms with Gasteiger partial charge in [0.1, 0.15) is 0 Å². The molecule has 0 aliphatic heterocycles. The molecule has 2 aromatic rings. The van der Waals surface area contributed by atoms with Crippen molar-refractivity contribution in [1.82, 2.24) is 5.43 Å². The van der Waals surface area contributed by atoms with Crippen LogP contribution in [0, 0.1) is 0 Å². The summed E-state index contributed by atoms with van der Waals surface area (Å²) in [6.45, 7) is 1.90. The number of hydrazone groups is 1. The molecule has 0 heterocycles. The van der Waals surface area contributed by atoms with Gasteiger partial charge < -0.3 is 5.73 Å². The van der Waals surface area contributed by atoms with Crippen molar-refractivity contribution < 1.29 is 4.79 Å². The maximum absolute atomic E-state index is 12.1. The van der Waals surface area contributed by atoms with Crippen LogP contribution >= 0.6 is 0 Å². The van der Waals surface area contributed by atoms with Gasteiger partial charge in [-0.25, -0.2) is 5.43 Å². The number of carbonyl (C=O) groups is 1. The van der Waals surface area contributed by atoms with E-state index in [1.165, 1.54) is 37.7 Å². The van der Waals surface area contributed by atoms with E-state index < -0.39 is 0 Å². The SMILES string of the molecule is C/C(=N\NC(=O)c1ccc(N)cc1)c1ccc(C2CCCCC2)cc1. The Morgan fingerprint density at radius 3 is 2.20 bits per heavy atom. The molecule has 1 fully saturated rings. The Kier molecular flexibility index (Phi) is 5.49. The standard InChI is InChI=1S/C21H25N3O/c1-15(23-24-21(25)19-11-13-20(22)14-12-19)16-7-9-18(10-8-16)17-5-3-2-4-6-17/h7-14,17H,2-6,22H2,1H3,(H,24,25)/b23-15+. The predicted octanol–water partition coefficient (Wildman–Crippen LogP) is 4.47. The number of rotatable bonds is 4. The molecule has 0 radical (unpaired) electrons. The topological polar surface area (TPSA) is 67.5 Å². The molecular formula is C21H25N3O. The second-order valence-corrected chi connectivity index (χ2v) is 6.72. The lowest BCUT2D eigenvalue weighted by Gasteiger charge is -2.22. The summed E-state index contributed by atoms with van der Waals surface area (Å²) in [5.41, 5.74) is 12.6. The fourth-order valence-corrected chi connectivity index (χ4v) is 3.33. The molecule has 25 heavy (non-hydrogen) atoms. The predicted molar refractivity (Wildman–Crippen MR) is 103 cm³/mol. The third-order valence-corrected chi connectivity index (χ3v) is 4.90. The first-order chi connectivity index (χ1) is 12.1. The molecule has 2 aromatic carbocycles. The number of carbonyl (C=O) groups excluding carboxylic acids is 1. The number of anilines is 1. The summed E-state index contributed by atoms with van der Waals surface area (Å²) in [5, 5.41) is 4.22. The second kappa shape index (κ2) is 7.97. The molecule has 1 saturated carbocycles. The molecule has 4 nitrogen and oxygen atoms in total. The van der Waals surface area contributed by atoms with E-state index in [-0.39, 0.29) is 5.91 Å². The molecule has 0 bridgehead atoms. The van der Waals surface area contributed by atoms with Gasteiger partial charge in [0.2, 0.25) is 0 Å². The van der Waals surface area contributed by atoms with Crippen LogP contribution in [0.3, 0.4) is 0 Å². The van der Waals surface area contributed by atoms with Gasteiger partial charge in [-0.05, 0) is 61.1 Å². The zero-order valence-corrected chi connectivity index (χ0v) is 14.7. The molecule has 130 valence electrons. The number of hydrogen-bond donors (Lipinski definition) is 2. The maximum atomic E-state index is 12.1. The number of nitrogen functional groups attached to an aromatic ring is 1. The van der Waals surface area contributed by atoms with Gasteiger partial charge in [0.15, 0.2) is 0 Å². The minimum absolute atomic E-state index is 0.238. The van der Waals surface area contributed by atoms with E-state index in [0.29, 0.717) is 17.2 Å². The molecule has 1 amide bonds. The van der Waals surface area contributed by atoms with Crippen molar-refractivity contribution in [3.05, 3.63) is 65.2 Å². The summed E-state index contributed by atoms with van der Waals surface area (Å²) in [5.74, 6) is 0.462. The van der Waals surface area contributed by atoms with Crippen molar-refractivity contribution in [3.8, 4) is 0 Å². The lowest BCUT2D eigenvalue weighted by Crippen LogP contribution is -2.19. The zero-order chi connectivity index (χ0) is 17.6. The average Bonchev–Trinajstić information content (AvgIpc) is 2.67. The van der Waals surface area contributed by atoms with Crippen LogP contribution < -0.4 is 11.2 Å². The number of nitrogens with one attached hydrogen (secondary N) is 1. The van der Waals surface area contributed by atoms with Gasteiger partial charge in [-0.2, -0.15) is 5.10 Å². The van der Waals surface area contributed by atoms with Crippen LogP contribution in [-0.2, 0) is 0 Å². The van der Waals surface area contributed by atoms with E-state index in [4.69, 9.17) is 5.73 Å². The zero-order valence-electron chi connectivity index (χ0n) is 14.7. The first kappa shape index (κ1) is 17.2. The summed E-state index contributed by atoms with van der Waals surface area (Å²) in [4.78, 5) is 12.1. The molecule has 0 aromatic heterocycles. The van der Waals surface area contributed by atoms with Crippen LogP contribution in [-0.4, -0.2) is 11.6 Å². The Hall–Kier alpha value is -2.62. The molecule has 0 spiro atoms. The monoisotopic (exact) mass is 335 g/mol. The number of nitrogens with zero attached hydrogens (tertiary/aromatic N) is 1. The van der Waals surface area contributed by atoms with Crippen molar-refractivity contribution in [1.29, 1.82) is 0 Å². The summed E-state index contributed by atoms with van der Waals surface area (Å²) >= 11 is 0. The Morgan fingerprint density at radius 2 is 1.56 bits per heavy atom. The van der Waals surface area contributed by atoms with Crippen LogP contribution in [0.25, 0.3) is 0 Å². The lowest BCUT2D eigenvalue weighted by molar-refractivity contribution is 0.0955. The van der Waals surface area contributed by atoms with Crippen LogP contribution in [0.5, 0.6) is 0 Å². The van der Waals surface area contributed by atoms with Gasteiger partial charge in [0, 0.05) is 11.3 Å². The molecule has 1 aliphatic rings. The molecule has 0 saturated heterocycles. The first-order valence-electron chi connectivity index (χ1n) is 8.94. The number of benzene rings is 2. The largest absolute Gasteiger partial charge is 0.399 e. The molecule has 4 heteroatoms. The minimum atomic E-state index is -0.238. The third-order valence-electron chi connectivity index (χ3n) is 4.90. The number of hydrogen-bond acceptors (Lipinski definition) is 3. The fourth-order valence-electron chi connectivity index (χ4n) is 3.33. The maximum Gasteiger partial charge on any atom is 0.271 e.